The van der Waals surface area contributed by atoms with Crippen molar-refractivity contribution in [3.63, 3.8) is 0 Å². The fourth-order valence-corrected chi connectivity index (χ4v) is 7.91. The first kappa shape index (κ1) is 31.9. The van der Waals surface area contributed by atoms with Crippen molar-refractivity contribution in [1.29, 1.82) is 0 Å². The van der Waals surface area contributed by atoms with Crippen LogP contribution < -0.4 is 0 Å². The molecule has 4 aromatic heterocycles. The van der Waals surface area contributed by atoms with Crippen LogP contribution in [0.5, 0.6) is 0 Å². The van der Waals surface area contributed by atoms with E-state index in [1.165, 1.54) is 0 Å². The van der Waals surface area contributed by atoms with Crippen LogP contribution >= 0.6 is 0 Å². The lowest BCUT2D eigenvalue weighted by molar-refractivity contribution is 0.665. The fourth-order valence-electron chi connectivity index (χ4n) is 7.91. The maximum atomic E-state index is 6.70. The highest BCUT2D eigenvalue weighted by atomic mass is 16.3. The molecule has 0 aliphatic heterocycles. The molecule has 0 saturated heterocycles. The zero-order valence-electron chi connectivity index (χ0n) is 30.1. The Kier molecular flexibility index (Phi) is 7.42. The van der Waals surface area contributed by atoms with Gasteiger partial charge in [-0.2, -0.15) is 0 Å². The molecule has 0 amide bonds. The third-order valence-corrected chi connectivity index (χ3v) is 10.6. The molecular formula is C51H31N3O2. The fraction of sp³-hybridized carbons (Fsp3) is 0. The summed E-state index contributed by atoms with van der Waals surface area (Å²) in [6, 6.07) is 60.5. The molecule has 0 fully saturated rings. The summed E-state index contributed by atoms with van der Waals surface area (Å²) in [6.07, 6.45) is 3.68. The molecule has 0 aliphatic rings. The largest absolute Gasteiger partial charge is 0.455 e. The van der Waals surface area contributed by atoms with Crippen LogP contribution in [0.15, 0.2) is 197 Å². The molecule has 0 spiro atoms. The smallest absolute Gasteiger partial charge is 0.160 e. The predicted molar refractivity (Wildman–Crippen MR) is 227 cm³/mol. The Balaban J connectivity index is 1.04. The minimum Gasteiger partial charge on any atom is -0.455 e. The molecule has 0 saturated carbocycles. The summed E-state index contributed by atoms with van der Waals surface area (Å²) in [4.78, 5) is 14.6. The molecule has 0 atom stereocenters. The van der Waals surface area contributed by atoms with Crippen molar-refractivity contribution in [2.75, 3.05) is 0 Å². The first-order valence-electron chi connectivity index (χ1n) is 18.7. The molecule has 0 unspecified atom stereocenters. The number of fused-ring (bicyclic) bond motifs is 6. The van der Waals surface area contributed by atoms with Crippen LogP contribution in [0, 0.1) is 0 Å². The first-order chi connectivity index (χ1) is 27.7. The quantitative estimate of drug-likeness (QED) is 0.171. The van der Waals surface area contributed by atoms with E-state index in [1.54, 1.807) is 6.20 Å². The zero-order valence-corrected chi connectivity index (χ0v) is 30.1. The number of rotatable bonds is 6. The normalized spacial score (nSPS) is 11.6. The van der Waals surface area contributed by atoms with Crippen LogP contribution in [0.1, 0.15) is 0 Å². The Labute approximate surface area is 322 Å². The highest BCUT2D eigenvalue weighted by Crippen LogP contribution is 2.44. The standard InChI is InChI=1S/C51H31N3O2/c1-2-11-33(12-3-1)44-30-45(36-14-8-13-35(29-36)37-15-10-28-52-31-37)54-51(53-44)34-24-22-32(23-25-34)38-26-27-42(50-48(38)43-17-5-7-21-47(43)56-50)41-19-9-18-40-39-16-4-6-20-46(39)55-49(40)41/h1-31H. The van der Waals surface area contributed by atoms with Gasteiger partial charge in [0, 0.05) is 67.3 Å². The topological polar surface area (TPSA) is 65.0 Å². The van der Waals surface area contributed by atoms with Crippen LogP contribution in [0.4, 0.5) is 0 Å². The van der Waals surface area contributed by atoms with E-state index in [1.807, 2.05) is 54.7 Å². The lowest BCUT2D eigenvalue weighted by atomic mass is 9.93. The second kappa shape index (κ2) is 13.0. The molecule has 11 rings (SSSR count). The SMILES string of the molecule is c1ccc(-c2cc(-c3cccc(-c4cccnc4)c3)nc(-c3ccc(-c4ccc(-c5cccc6c5oc5ccccc56)c5oc6ccccc6c45)cc3)n2)cc1. The maximum Gasteiger partial charge on any atom is 0.160 e. The van der Waals surface area contributed by atoms with E-state index in [2.05, 4.69) is 132 Å². The number of para-hydroxylation sites is 3. The summed E-state index contributed by atoms with van der Waals surface area (Å²) in [5.41, 5.74) is 14.4. The predicted octanol–water partition coefficient (Wildman–Crippen LogP) is 13.7. The second-order valence-electron chi connectivity index (χ2n) is 14.0. The van der Waals surface area contributed by atoms with E-state index >= 15 is 0 Å². The Morgan fingerprint density at radius 1 is 0.357 bits per heavy atom. The molecule has 0 aliphatic carbocycles. The third kappa shape index (κ3) is 5.37. The van der Waals surface area contributed by atoms with E-state index in [-0.39, 0.29) is 0 Å². The van der Waals surface area contributed by atoms with Crippen molar-refractivity contribution < 1.29 is 8.83 Å². The van der Waals surface area contributed by atoms with Crippen molar-refractivity contribution in [2.45, 2.75) is 0 Å². The van der Waals surface area contributed by atoms with Crippen LogP contribution in [0.3, 0.4) is 0 Å². The van der Waals surface area contributed by atoms with Crippen molar-refractivity contribution >= 4 is 43.9 Å². The van der Waals surface area contributed by atoms with Crippen molar-refractivity contribution in [3.8, 4) is 67.3 Å². The van der Waals surface area contributed by atoms with Gasteiger partial charge in [-0.15, -0.1) is 0 Å². The molecule has 0 bridgehead atoms. The van der Waals surface area contributed by atoms with Gasteiger partial charge in [-0.1, -0.05) is 140 Å². The molecule has 0 N–H and O–H groups in total. The van der Waals surface area contributed by atoms with Crippen molar-refractivity contribution in [2.24, 2.45) is 0 Å². The lowest BCUT2D eigenvalue weighted by Crippen LogP contribution is -1.96. The maximum absolute atomic E-state index is 6.70. The zero-order chi connectivity index (χ0) is 37.0. The minimum absolute atomic E-state index is 0.660. The highest BCUT2D eigenvalue weighted by Gasteiger charge is 2.21. The Morgan fingerprint density at radius 2 is 0.964 bits per heavy atom. The molecular weight excluding hydrogens is 687 g/mol. The van der Waals surface area contributed by atoms with E-state index in [9.17, 15) is 0 Å². The van der Waals surface area contributed by atoms with Gasteiger partial charge in [0.15, 0.2) is 5.82 Å². The summed E-state index contributed by atoms with van der Waals surface area (Å²) in [5, 5.41) is 4.32. The number of nitrogens with zero attached hydrogens (tertiary/aromatic N) is 3. The second-order valence-corrected chi connectivity index (χ2v) is 14.0. The van der Waals surface area contributed by atoms with Crippen LogP contribution in [-0.2, 0) is 0 Å². The molecule has 11 aromatic rings. The summed E-state index contributed by atoms with van der Waals surface area (Å²) < 4.78 is 13.2. The molecule has 5 nitrogen and oxygen atoms in total. The van der Waals surface area contributed by atoms with Gasteiger partial charge in [0.25, 0.3) is 0 Å². The summed E-state index contributed by atoms with van der Waals surface area (Å²) in [6.45, 7) is 0. The van der Waals surface area contributed by atoms with Gasteiger partial charge in [0.2, 0.25) is 0 Å². The number of furan rings is 2. The first-order valence-corrected chi connectivity index (χ1v) is 18.7. The molecule has 262 valence electrons. The summed E-state index contributed by atoms with van der Waals surface area (Å²) in [7, 11) is 0. The average molecular weight is 718 g/mol. The Morgan fingerprint density at radius 3 is 1.79 bits per heavy atom. The average Bonchev–Trinajstić information content (AvgIpc) is 3.86. The van der Waals surface area contributed by atoms with Gasteiger partial charge < -0.3 is 8.83 Å². The lowest BCUT2D eigenvalue weighted by Gasteiger charge is -2.12. The Hall–Kier alpha value is -7.63. The van der Waals surface area contributed by atoms with E-state index in [4.69, 9.17) is 18.8 Å². The third-order valence-electron chi connectivity index (χ3n) is 10.6. The number of pyridine rings is 1. The highest BCUT2D eigenvalue weighted by molar-refractivity contribution is 6.18. The molecule has 0 radical (unpaired) electrons. The minimum atomic E-state index is 0.660. The monoisotopic (exact) mass is 717 g/mol. The molecule has 7 aromatic carbocycles. The summed E-state index contributed by atoms with van der Waals surface area (Å²) >= 11 is 0. The Bertz CT molecular complexity index is 3240. The van der Waals surface area contributed by atoms with Gasteiger partial charge >= 0.3 is 0 Å². The van der Waals surface area contributed by atoms with Gasteiger partial charge in [-0.05, 0) is 53.1 Å². The van der Waals surface area contributed by atoms with E-state index in [0.717, 1.165) is 105 Å². The number of hydrogen-bond acceptors (Lipinski definition) is 5. The van der Waals surface area contributed by atoms with Crippen LogP contribution in [0.25, 0.3) is 111 Å². The summed E-state index contributed by atoms with van der Waals surface area (Å²) in [5.74, 6) is 0.660. The number of hydrogen-bond donors (Lipinski definition) is 0. The number of aromatic nitrogens is 3. The van der Waals surface area contributed by atoms with E-state index in [0.29, 0.717) is 5.82 Å². The van der Waals surface area contributed by atoms with Crippen LogP contribution in [0.2, 0.25) is 0 Å². The van der Waals surface area contributed by atoms with Gasteiger partial charge in [-0.25, -0.2) is 9.97 Å². The van der Waals surface area contributed by atoms with Gasteiger partial charge in [0.1, 0.15) is 22.3 Å². The van der Waals surface area contributed by atoms with Crippen LogP contribution in [-0.4, -0.2) is 15.0 Å². The van der Waals surface area contributed by atoms with Crippen molar-refractivity contribution in [1.82, 2.24) is 15.0 Å². The molecule has 56 heavy (non-hydrogen) atoms. The van der Waals surface area contributed by atoms with Gasteiger partial charge in [-0.3, -0.25) is 4.98 Å². The van der Waals surface area contributed by atoms with E-state index < -0.39 is 0 Å². The van der Waals surface area contributed by atoms with Gasteiger partial charge in [0.05, 0.1) is 11.4 Å². The van der Waals surface area contributed by atoms with Crippen molar-refractivity contribution in [3.05, 3.63) is 188 Å². The molecule has 5 heteroatoms. The number of benzene rings is 7. The molecule has 4 heterocycles.